The van der Waals surface area contributed by atoms with Gasteiger partial charge in [-0.15, -0.1) is 16.8 Å². The maximum absolute atomic E-state index is 12.9. The Balaban J connectivity index is 1.78. The zero-order valence-electron chi connectivity index (χ0n) is 17.6. The molecule has 2 atom stereocenters. The van der Waals surface area contributed by atoms with Crippen molar-refractivity contribution in [3.63, 3.8) is 0 Å². The molecule has 2 aromatic heterocycles. The van der Waals surface area contributed by atoms with Gasteiger partial charge in [0.15, 0.2) is 11.0 Å². The Labute approximate surface area is 181 Å². The number of nitrogens with zero attached hydrogens (tertiary/aromatic N) is 4. The summed E-state index contributed by atoms with van der Waals surface area (Å²) in [5.41, 5.74) is 2.94. The number of hydrogen-bond acceptors (Lipinski definition) is 5. The number of allylic oxidation sites excluding steroid dienone is 1. The van der Waals surface area contributed by atoms with Crippen molar-refractivity contribution in [2.45, 2.75) is 50.1 Å². The molecule has 0 spiro atoms. The zero-order chi connectivity index (χ0) is 21.5. The lowest BCUT2D eigenvalue weighted by molar-refractivity contribution is -0.115. The third-order valence-corrected chi connectivity index (χ3v) is 6.06. The fourth-order valence-corrected chi connectivity index (χ4v) is 3.95. The van der Waals surface area contributed by atoms with E-state index in [4.69, 9.17) is 0 Å². The van der Waals surface area contributed by atoms with Crippen molar-refractivity contribution in [2.24, 2.45) is 0 Å². The van der Waals surface area contributed by atoms with Crippen LogP contribution in [-0.2, 0) is 11.3 Å². The average Bonchev–Trinajstić information content (AvgIpc) is 3.16. The summed E-state index contributed by atoms with van der Waals surface area (Å²) in [6, 6.07) is 11.8. The molecule has 0 saturated heterocycles. The molecule has 0 aliphatic carbocycles. The molecule has 3 aromatic rings. The first-order chi connectivity index (χ1) is 14.5. The van der Waals surface area contributed by atoms with E-state index in [2.05, 4.69) is 47.0 Å². The summed E-state index contributed by atoms with van der Waals surface area (Å²) in [4.78, 5) is 17.0. The zero-order valence-corrected chi connectivity index (χ0v) is 18.4. The van der Waals surface area contributed by atoms with Crippen molar-refractivity contribution in [3.05, 3.63) is 67.0 Å². The number of aromatic nitrogens is 4. The molecule has 2 unspecified atom stereocenters. The van der Waals surface area contributed by atoms with Gasteiger partial charge in [-0.25, -0.2) is 0 Å². The Kier molecular flexibility index (Phi) is 7.41. The van der Waals surface area contributed by atoms with Crippen molar-refractivity contribution in [2.75, 3.05) is 5.32 Å². The van der Waals surface area contributed by atoms with Gasteiger partial charge in [0.25, 0.3) is 0 Å². The van der Waals surface area contributed by atoms with Gasteiger partial charge >= 0.3 is 0 Å². The smallest absolute Gasteiger partial charge is 0.237 e. The van der Waals surface area contributed by atoms with Gasteiger partial charge in [0.05, 0.1) is 5.25 Å². The molecule has 0 aliphatic heterocycles. The number of carbonyl (C=O) groups is 1. The Hall–Kier alpha value is -2.93. The number of para-hydroxylation sites is 1. The lowest BCUT2D eigenvalue weighted by Crippen LogP contribution is -2.23. The highest BCUT2D eigenvalue weighted by Gasteiger charge is 2.21. The summed E-state index contributed by atoms with van der Waals surface area (Å²) >= 11 is 1.39. The molecule has 0 bridgehead atoms. The van der Waals surface area contributed by atoms with Gasteiger partial charge in [0, 0.05) is 30.2 Å². The number of hydrogen-bond donors (Lipinski definition) is 1. The standard InChI is InChI=1S/C23H27N5OS/c1-5-15-28-21(18-11-13-24-14-12-18)26-27-23(28)30-17(4)22(29)25-20-10-8-7-9-19(20)16(3)6-2/h5,7-14,16-17H,1,6,15H2,2-4H3,(H,25,29). The normalized spacial score (nSPS) is 12.9. The quantitative estimate of drug-likeness (QED) is 0.382. The Morgan fingerprint density at radius 3 is 2.63 bits per heavy atom. The van der Waals surface area contributed by atoms with Crippen LogP contribution in [-0.4, -0.2) is 30.9 Å². The Morgan fingerprint density at radius 2 is 1.93 bits per heavy atom. The van der Waals surface area contributed by atoms with Gasteiger partial charge in [-0.2, -0.15) is 0 Å². The predicted octanol–water partition coefficient (Wildman–Crippen LogP) is 5.16. The van der Waals surface area contributed by atoms with E-state index < -0.39 is 0 Å². The number of nitrogens with one attached hydrogen (secondary N) is 1. The van der Waals surface area contributed by atoms with Crippen LogP contribution in [0.15, 0.2) is 66.6 Å². The highest BCUT2D eigenvalue weighted by Crippen LogP contribution is 2.29. The van der Waals surface area contributed by atoms with Crippen LogP contribution in [0, 0.1) is 0 Å². The van der Waals surface area contributed by atoms with E-state index in [0.29, 0.717) is 17.6 Å². The molecule has 3 rings (SSSR count). The summed E-state index contributed by atoms with van der Waals surface area (Å²) in [5.74, 6) is 1.05. The fraction of sp³-hybridized carbons (Fsp3) is 0.304. The summed E-state index contributed by atoms with van der Waals surface area (Å²) in [6.07, 6.45) is 6.25. The lowest BCUT2D eigenvalue weighted by atomic mass is 9.97. The number of pyridine rings is 1. The lowest BCUT2D eigenvalue weighted by Gasteiger charge is -2.17. The fourth-order valence-electron chi connectivity index (χ4n) is 3.09. The molecule has 7 heteroatoms. The van der Waals surface area contributed by atoms with Crippen LogP contribution in [0.2, 0.25) is 0 Å². The van der Waals surface area contributed by atoms with Crippen LogP contribution in [0.25, 0.3) is 11.4 Å². The van der Waals surface area contributed by atoms with Crippen molar-refractivity contribution >= 4 is 23.4 Å². The van der Waals surface area contributed by atoms with E-state index >= 15 is 0 Å². The molecular weight excluding hydrogens is 394 g/mol. The minimum absolute atomic E-state index is 0.0608. The molecule has 156 valence electrons. The van der Waals surface area contributed by atoms with Crippen molar-refractivity contribution in [1.29, 1.82) is 0 Å². The third-order valence-electron chi connectivity index (χ3n) is 4.98. The van der Waals surface area contributed by atoms with Crippen LogP contribution < -0.4 is 5.32 Å². The SMILES string of the molecule is C=CCn1c(SC(C)C(=O)Nc2ccccc2C(C)CC)nnc1-c1ccncc1. The molecule has 30 heavy (non-hydrogen) atoms. The molecule has 0 radical (unpaired) electrons. The number of carbonyl (C=O) groups excluding carboxylic acids is 1. The van der Waals surface area contributed by atoms with Crippen LogP contribution >= 0.6 is 11.8 Å². The van der Waals surface area contributed by atoms with E-state index in [-0.39, 0.29) is 11.2 Å². The number of amides is 1. The van der Waals surface area contributed by atoms with Crippen LogP contribution in [0.3, 0.4) is 0 Å². The summed E-state index contributed by atoms with van der Waals surface area (Å²) in [7, 11) is 0. The second-order valence-electron chi connectivity index (χ2n) is 7.09. The van der Waals surface area contributed by atoms with Gasteiger partial charge in [-0.05, 0) is 43.0 Å². The Morgan fingerprint density at radius 1 is 1.20 bits per heavy atom. The molecule has 0 fully saturated rings. The first-order valence-electron chi connectivity index (χ1n) is 10.1. The van der Waals surface area contributed by atoms with Gasteiger partial charge in [-0.1, -0.05) is 49.9 Å². The minimum Gasteiger partial charge on any atom is -0.325 e. The van der Waals surface area contributed by atoms with E-state index in [1.54, 1.807) is 18.5 Å². The van der Waals surface area contributed by atoms with E-state index in [1.165, 1.54) is 11.8 Å². The van der Waals surface area contributed by atoms with Crippen molar-refractivity contribution < 1.29 is 4.79 Å². The molecule has 1 aromatic carbocycles. The summed E-state index contributed by atoms with van der Waals surface area (Å²) in [6.45, 7) is 10.6. The number of rotatable bonds is 9. The molecule has 1 amide bonds. The van der Waals surface area contributed by atoms with Crippen LogP contribution in [0.4, 0.5) is 5.69 Å². The molecule has 0 saturated carbocycles. The topological polar surface area (TPSA) is 72.7 Å². The van der Waals surface area contributed by atoms with Gasteiger partial charge in [-0.3, -0.25) is 14.3 Å². The van der Waals surface area contributed by atoms with Gasteiger partial charge in [0.1, 0.15) is 0 Å². The predicted molar refractivity (Wildman–Crippen MR) is 123 cm³/mol. The summed E-state index contributed by atoms with van der Waals surface area (Å²) < 4.78 is 1.96. The van der Waals surface area contributed by atoms with Crippen LogP contribution in [0.1, 0.15) is 38.7 Å². The van der Waals surface area contributed by atoms with Crippen LogP contribution in [0.5, 0.6) is 0 Å². The first kappa shape index (κ1) is 21.8. The molecule has 0 aliphatic rings. The second kappa shape index (κ2) is 10.2. The van der Waals surface area contributed by atoms with E-state index in [9.17, 15) is 4.79 Å². The number of benzene rings is 1. The monoisotopic (exact) mass is 421 g/mol. The number of thioether (sulfide) groups is 1. The number of anilines is 1. The largest absolute Gasteiger partial charge is 0.325 e. The molecule has 1 N–H and O–H groups in total. The highest BCUT2D eigenvalue weighted by molar-refractivity contribution is 8.00. The maximum Gasteiger partial charge on any atom is 0.237 e. The molecular formula is C23H27N5OS. The minimum atomic E-state index is -0.340. The maximum atomic E-state index is 12.9. The van der Waals surface area contributed by atoms with Crippen molar-refractivity contribution in [1.82, 2.24) is 19.7 Å². The van der Waals surface area contributed by atoms with E-state index in [1.807, 2.05) is 41.8 Å². The Bertz CT molecular complexity index is 1000. The summed E-state index contributed by atoms with van der Waals surface area (Å²) in [5, 5.41) is 12.1. The van der Waals surface area contributed by atoms with Crippen molar-refractivity contribution in [3.8, 4) is 11.4 Å². The molecule has 2 heterocycles. The second-order valence-corrected chi connectivity index (χ2v) is 8.40. The van der Waals surface area contributed by atoms with Gasteiger partial charge < -0.3 is 5.32 Å². The third kappa shape index (κ3) is 4.97. The molecule has 6 nitrogen and oxygen atoms in total. The van der Waals surface area contributed by atoms with E-state index in [0.717, 1.165) is 29.1 Å². The highest BCUT2D eigenvalue weighted by atomic mass is 32.2. The first-order valence-corrected chi connectivity index (χ1v) is 10.9. The van der Waals surface area contributed by atoms with Gasteiger partial charge in [0.2, 0.25) is 5.91 Å². The average molecular weight is 422 g/mol.